The van der Waals surface area contributed by atoms with Crippen LogP contribution in [0.2, 0.25) is 0 Å². The number of hydrogen-bond donors (Lipinski definition) is 1. The van der Waals surface area contributed by atoms with Crippen molar-refractivity contribution < 1.29 is 0 Å². The summed E-state index contributed by atoms with van der Waals surface area (Å²) in [4.78, 5) is 0. The summed E-state index contributed by atoms with van der Waals surface area (Å²) in [6.45, 7) is 0. The van der Waals surface area contributed by atoms with Gasteiger partial charge in [0.05, 0.1) is 11.8 Å². The zero-order valence-corrected chi connectivity index (χ0v) is 18.1. The SMILES string of the molecule is S=C(Nc1ccccc1)N1N=C2/C(=C/c3ccccc3)CCCC2C1c1ccccc1. The van der Waals surface area contributed by atoms with E-state index in [0.717, 1.165) is 18.5 Å². The van der Waals surface area contributed by atoms with Crippen molar-refractivity contribution in [3.05, 3.63) is 108 Å². The van der Waals surface area contributed by atoms with Gasteiger partial charge in [-0.3, -0.25) is 0 Å². The van der Waals surface area contributed by atoms with Crippen molar-refractivity contribution in [1.82, 2.24) is 5.01 Å². The molecular weight excluding hydrogens is 398 g/mol. The minimum absolute atomic E-state index is 0.111. The van der Waals surface area contributed by atoms with Gasteiger partial charge in [-0.05, 0) is 66.4 Å². The monoisotopic (exact) mass is 423 g/mol. The lowest BCUT2D eigenvalue weighted by molar-refractivity contribution is 0.307. The van der Waals surface area contributed by atoms with Crippen LogP contribution < -0.4 is 5.32 Å². The van der Waals surface area contributed by atoms with Crippen LogP contribution in [0.1, 0.15) is 36.4 Å². The van der Waals surface area contributed by atoms with Crippen molar-refractivity contribution in [3.63, 3.8) is 0 Å². The second-order valence-electron chi connectivity index (χ2n) is 8.06. The summed E-state index contributed by atoms with van der Waals surface area (Å²) in [6.07, 6.45) is 5.63. The Morgan fingerprint density at radius 2 is 1.55 bits per heavy atom. The van der Waals surface area contributed by atoms with Gasteiger partial charge < -0.3 is 5.32 Å². The average molecular weight is 424 g/mol. The first kappa shape index (κ1) is 19.7. The van der Waals surface area contributed by atoms with Crippen LogP contribution in [0.15, 0.2) is 102 Å². The van der Waals surface area contributed by atoms with Gasteiger partial charge in [-0.25, -0.2) is 5.01 Å². The number of thiocarbonyl (C=S) groups is 1. The smallest absolute Gasteiger partial charge is 0.194 e. The van der Waals surface area contributed by atoms with Crippen LogP contribution in [-0.2, 0) is 0 Å². The molecule has 154 valence electrons. The van der Waals surface area contributed by atoms with Crippen LogP contribution in [0.25, 0.3) is 6.08 Å². The first-order valence-electron chi connectivity index (χ1n) is 10.8. The van der Waals surface area contributed by atoms with Crippen LogP contribution in [0.3, 0.4) is 0 Å². The van der Waals surface area contributed by atoms with Gasteiger partial charge in [-0.2, -0.15) is 5.10 Å². The van der Waals surface area contributed by atoms with Crippen LogP contribution in [0.5, 0.6) is 0 Å². The summed E-state index contributed by atoms with van der Waals surface area (Å²) in [5.74, 6) is 0.335. The lowest BCUT2D eigenvalue weighted by Gasteiger charge is -2.30. The van der Waals surface area contributed by atoms with E-state index >= 15 is 0 Å². The van der Waals surface area contributed by atoms with E-state index in [4.69, 9.17) is 17.3 Å². The summed E-state index contributed by atoms with van der Waals surface area (Å²) in [5.41, 5.74) is 5.97. The van der Waals surface area contributed by atoms with Gasteiger partial charge in [0.15, 0.2) is 5.11 Å². The molecule has 1 aliphatic heterocycles. The maximum absolute atomic E-state index is 5.85. The maximum atomic E-state index is 5.85. The van der Waals surface area contributed by atoms with Crippen molar-refractivity contribution in [2.45, 2.75) is 25.3 Å². The van der Waals surface area contributed by atoms with Gasteiger partial charge in [0, 0.05) is 11.6 Å². The Labute approximate surface area is 189 Å². The highest BCUT2D eigenvalue weighted by atomic mass is 32.1. The van der Waals surface area contributed by atoms with Crippen LogP contribution in [-0.4, -0.2) is 15.8 Å². The molecule has 4 heteroatoms. The standard InChI is InChI=1S/C27H25N3S/c31-27(28-23-16-8-3-9-17-23)30-26(21-13-6-2-7-14-21)24-18-10-15-22(25(24)29-30)19-20-11-4-1-5-12-20/h1-9,11-14,16-17,19,24,26H,10,15,18H2,(H,28,31)/b22-19+. The van der Waals surface area contributed by atoms with Crippen LogP contribution in [0, 0.1) is 5.92 Å². The third-order valence-electron chi connectivity index (χ3n) is 6.02. The van der Waals surface area contributed by atoms with E-state index in [1.54, 1.807) is 0 Å². The molecule has 0 amide bonds. The minimum atomic E-state index is 0.111. The second-order valence-corrected chi connectivity index (χ2v) is 8.45. The lowest BCUT2D eigenvalue weighted by atomic mass is 9.77. The largest absolute Gasteiger partial charge is 0.331 e. The van der Waals surface area contributed by atoms with Crippen molar-refractivity contribution in [2.75, 3.05) is 5.32 Å². The molecule has 2 atom stereocenters. The zero-order valence-electron chi connectivity index (χ0n) is 17.3. The second kappa shape index (κ2) is 8.86. The van der Waals surface area contributed by atoms with Crippen molar-refractivity contribution in [3.8, 4) is 0 Å². The van der Waals surface area contributed by atoms with Gasteiger partial charge in [0.1, 0.15) is 0 Å². The number of anilines is 1. The van der Waals surface area contributed by atoms with Gasteiger partial charge in [0.25, 0.3) is 0 Å². The molecule has 0 spiro atoms. The molecule has 2 aliphatic rings. The Morgan fingerprint density at radius 3 is 2.26 bits per heavy atom. The van der Waals surface area contributed by atoms with E-state index in [0.29, 0.717) is 11.0 Å². The van der Waals surface area contributed by atoms with E-state index in [9.17, 15) is 0 Å². The quantitative estimate of drug-likeness (QED) is 0.476. The third-order valence-corrected chi connectivity index (χ3v) is 6.31. The van der Waals surface area contributed by atoms with Crippen molar-refractivity contribution >= 4 is 34.8 Å². The fourth-order valence-corrected chi connectivity index (χ4v) is 4.88. The van der Waals surface area contributed by atoms with Gasteiger partial charge in [-0.1, -0.05) is 78.9 Å². The number of hydrazone groups is 1. The molecule has 2 unspecified atom stereocenters. The third kappa shape index (κ3) is 4.17. The maximum Gasteiger partial charge on any atom is 0.194 e. The zero-order chi connectivity index (χ0) is 21.0. The molecule has 3 aromatic rings. The molecule has 1 aliphatic carbocycles. The predicted molar refractivity (Wildman–Crippen MR) is 133 cm³/mol. The van der Waals surface area contributed by atoms with Crippen LogP contribution >= 0.6 is 12.2 Å². The topological polar surface area (TPSA) is 27.6 Å². The molecule has 1 saturated carbocycles. The average Bonchev–Trinajstić information content (AvgIpc) is 3.22. The first-order chi connectivity index (χ1) is 15.3. The normalized spacial score (nSPS) is 21.5. The molecule has 1 N–H and O–H groups in total. The van der Waals surface area contributed by atoms with Gasteiger partial charge in [-0.15, -0.1) is 0 Å². The number of para-hydroxylation sites is 1. The van der Waals surface area contributed by atoms with Crippen molar-refractivity contribution in [2.24, 2.45) is 11.0 Å². The molecule has 5 rings (SSSR count). The van der Waals surface area contributed by atoms with Gasteiger partial charge >= 0.3 is 0 Å². The molecular formula is C27H25N3S. The number of hydrogen-bond acceptors (Lipinski definition) is 2. The highest BCUT2D eigenvalue weighted by Crippen LogP contribution is 2.44. The molecule has 0 radical (unpaired) electrons. The van der Waals surface area contributed by atoms with Crippen LogP contribution in [0.4, 0.5) is 5.69 Å². The van der Waals surface area contributed by atoms with E-state index in [1.807, 2.05) is 35.3 Å². The molecule has 3 aromatic carbocycles. The Bertz CT molecular complexity index is 1110. The Kier molecular flexibility index (Phi) is 5.63. The Hall–Kier alpha value is -3.24. The summed E-state index contributed by atoms with van der Waals surface area (Å²) in [7, 11) is 0. The Morgan fingerprint density at radius 1 is 0.903 bits per heavy atom. The van der Waals surface area contributed by atoms with E-state index in [2.05, 4.69) is 72.1 Å². The lowest BCUT2D eigenvalue weighted by Crippen LogP contribution is -2.34. The summed E-state index contributed by atoms with van der Waals surface area (Å²) in [5, 5.41) is 11.2. The van der Waals surface area contributed by atoms with E-state index < -0.39 is 0 Å². The Balaban J connectivity index is 1.52. The molecule has 0 aromatic heterocycles. The highest BCUT2D eigenvalue weighted by Gasteiger charge is 2.42. The minimum Gasteiger partial charge on any atom is -0.331 e. The number of allylic oxidation sites excluding steroid dienone is 1. The predicted octanol–water partition coefficient (Wildman–Crippen LogP) is 6.68. The highest BCUT2D eigenvalue weighted by molar-refractivity contribution is 7.80. The molecule has 0 saturated heterocycles. The van der Waals surface area contributed by atoms with E-state index in [-0.39, 0.29) is 6.04 Å². The van der Waals surface area contributed by atoms with Gasteiger partial charge in [0.2, 0.25) is 0 Å². The number of fused-ring (bicyclic) bond motifs is 1. The molecule has 1 fully saturated rings. The molecule has 0 bridgehead atoms. The van der Waals surface area contributed by atoms with Crippen molar-refractivity contribution in [1.29, 1.82) is 0 Å². The molecule has 31 heavy (non-hydrogen) atoms. The number of rotatable bonds is 3. The number of benzene rings is 3. The number of nitrogens with one attached hydrogen (secondary N) is 1. The summed E-state index contributed by atoms with van der Waals surface area (Å²) in [6, 6.07) is 31.4. The summed E-state index contributed by atoms with van der Waals surface area (Å²) >= 11 is 5.85. The first-order valence-corrected chi connectivity index (χ1v) is 11.2. The van der Waals surface area contributed by atoms with E-state index in [1.165, 1.54) is 28.8 Å². The summed E-state index contributed by atoms with van der Waals surface area (Å²) < 4.78 is 0. The fourth-order valence-electron chi connectivity index (χ4n) is 4.60. The molecule has 3 nitrogen and oxygen atoms in total. The fraction of sp³-hybridized carbons (Fsp3) is 0.185. The molecule has 1 heterocycles. The number of nitrogens with zero attached hydrogens (tertiary/aromatic N) is 2.